The van der Waals surface area contributed by atoms with E-state index in [1.54, 1.807) is 27.7 Å². The van der Waals surface area contributed by atoms with E-state index in [-0.39, 0.29) is 41.7 Å². The van der Waals surface area contributed by atoms with Crippen LogP contribution in [0.15, 0.2) is 0 Å². The van der Waals surface area contributed by atoms with Crippen molar-refractivity contribution in [3.63, 3.8) is 0 Å². The van der Waals surface area contributed by atoms with Gasteiger partial charge in [0, 0.05) is 34.2 Å². The summed E-state index contributed by atoms with van der Waals surface area (Å²) in [6, 6.07) is 0. The van der Waals surface area contributed by atoms with Crippen LogP contribution in [0.5, 0.6) is 0 Å². The quantitative estimate of drug-likeness (QED) is 0.188. The largest absolute Gasteiger partial charge is 3.00 e. The van der Waals surface area contributed by atoms with Crippen molar-refractivity contribution in [2.75, 3.05) is 0 Å². The third-order valence-corrected chi connectivity index (χ3v) is 7.19. The molecule has 0 aliphatic rings. The molecule has 6 nitrogen and oxygen atoms in total. The van der Waals surface area contributed by atoms with E-state index in [0.29, 0.717) is 6.42 Å². The summed E-state index contributed by atoms with van der Waals surface area (Å²) >= 11 is 0. The predicted molar refractivity (Wildman–Crippen MR) is 143 cm³/mol. The van der Waals surface area contributed by atoms with Gasteiger partial charge in [-0.2, -0.15) is 0 Å². The molecule has 2 atom stereocenters. The van der Waals surface area contributed by atoms with Crippen LogP contribution in [0.3, 0.4) is 0 Å². The number of carboxylic acid groups (broad SMARTS) is 3. The summed E-state index contributed by atoms with van der Waals surface area (Å²) in [6.45, 7) is 17.3. The van der Waals surface area contributed by atoms with E-state index in [2.05, 4.69) is 20.8 Å². The van der Waals surface area contributed by atoms with E-state index >= 15 is 0 Å². The van der Waals surface area contributed by atoms with Crippen molar-refractivity contribution in [1.29, 1.82) is 0 Å². The molecule has 0 bridgehead atoms. The molecule has 0 heterocycles. The van der Waals surface area contributed by atoms with Gasteiger partial charge in [0.05, 0.1) is 0 Å². The molecule has 0 rings (SSSR count). The first kappa shape index (κ1) is 43.8. The summed E-state index contributed by atoms with van der Waals surface area (Å²) < 4.78 is 0. The number of carbonyl (C=O) groups is 3. The summed E-state index contributed by atoms with van der Waals surface area (Å²) in [5.74, 6) is -2.72. The predicted octanol–water partition coefficient (Wildman–Crippen LogP) is 5.20. The van der Waals surface area contributed by atoms with E-state index in [1.807, 2.05) is 13.8 Å². The molecule has 0 fully saturated rings. The first-order valence-electron chi connectivity index (χ1n) is 14.3. The molecule has 217 valence electrons. The fraction of sp³-hybridized carbons (Fsp3) is 0.900. The molecule has 0 amide bonds. The molecule has 0 aromatic rings. The van der Waals surface area contributed by atoms with E-state index in [4.69, 9.17) is 0 Å². The van der Waals surface area contributed by atoms with Crippen LogP contribution < -0.4 is 15.3 Å². The second kappa shape index (κ2) is 24.8. The van der Waals surface area contributed by atoms with Gasteiger partial charge in [-0.05, 0) is 32.1 Å². The van der Waals surface area contributed by atoms with E-state index in [1.165, 1.54) is 12.8 Å². The normalized spacial score (nSPS) is 13.9. The van der Waals surface area contributed by atoms with Crippen LogP contribution in [0.2, 0.25) is 0 Å². The van der Waals surface area contributed by atoms with Crippen LogP contribution in [-0.2, 0) is 14.4 Å². The molecule has 7 heteroatoms. The minimum Gasteiger partial charge on any atom is -0.550 e. The fourth-order valence-electron chi connectivity index (χ4n) is 3.73. The zero-order valence-corrected chi connectivity index (χ0v) is 28.7. The third-order valence-electron chi connectivity index (χ3n) is 7.19. The number of aliphatic carboxylic acids is 3. The second-order valence-corrected chi connectivity index (χ2v) is 11.3. The van der Waals surface area contributed by atoms with Gasteiger partial charge in [0.2, 0.25) is 0 Å². The number of carboxylic acids is 3. The molecule has 2 unspecified atom stereocenters. The first-order chi connectivity index (χ1) is 16.6. The van der Waals surface area contributed by atoms with Crippen molar-refractivity contribution in [1.82, 2.24) is 0 Å². The SMILES string of the molecule is CCCCC(C)(CCC)C(=O)[O-].CCCCCC(C)(CC)C(=O)[O-].CCCCCCC(C)(C)C(=O)[O-].[Ce+3]. The van der Waals surface area contributed by atoms with Gasteiger partial charge in [0.15, 0.2) is 0 Å². The Morgan fingerprint density at radius 2 is 0.892 bits per heavy atom. The zero-order valence-electron chi connectivity index (χ0n) is 25.6. The third kappa shape index (κ3) is 22.3. The molecule has 37 heavy (non-hydrogen) atoms. The number of carbonyl (C=O) groups excluding carboxylic acids is 3. The summed E-state index contributed by atoms with van der Waals surface area (Å²) in [5.41, 5.74) is -1.84. The smallest absolute Gasteiger partial charge is 0.550 e. The standard InChI is InChI=1S/3C10H20O2.Ce/c1-4-5-6-7-8-10(2,3)9(11)12;1-4-6-7-8-10(3,5-2)9(11)12;1-4-6-8-10(3,7-5-2)9(11)12;/h3*4-8H2,1-3H3,(H,11,12);/q;;;+3/p-3. The van der Waals surface area contributed by atoms with Gasteiger partial charge in [-0.3, -0.25) is 0 Å². The summed E-state index contributed by atoms with van der Waals surface area (Å²) in [5, 5.41) is 32.1. The number of hydrogen-bond donors (Lipinski definition) is 0. The molecule has 0 aromatic heterocycles. The van der Waals surface area contributed by atoms with E-state index < -0.39 is 34.2 Å². The molecule has 0 saturated heterocycles. The zero-order chi connectivity index (χ0) is 28.8. The van der Waals surface area contributed by atoms with Crippen molar-refractivity contribution in [3.8, 4) is 0 Å². The van der Waals surface area contributed by atoms with Crippen LogP contribution in [-0.4, -0.2) is 17.9 Å². The molecule has 0 aliphatic heterocycles. The number of hydrogen-bond acceptors (Lipinski definition) is 6. The minimum absolute atomic E-state index is 0. The summed E-state index contributed by atoms with van der Waals surface area (Å²) in [6.07, 6.45) is 14.3. The number of unbranched alkanes of at least 4 members (excludes halogenated alkanes) is 6. The van der Waals surface area contributed by atoms with Crippen molar-refractivity contribution >= 4 is 17.9 Å². The van der Waals surface area contributed by atoms with Gasteiger partial charge >= 0.3 is 41.7 Å². The Morgan fingerprint density at radius 3 is 1.24 bits per heavy atom. The average Bonchev–Trinajstić information content (AvgIpc) is 2.81. The van der Waals surface area contributed by atoms with Crippen molar-refractivity contribution in [2.45, 2.75) is 159 Å². The maximum absolute atomic E-state index is 10.8. The maximum atomic E-state index is 10.8. The van der Waals surface area contributed by atoms with Gasteiger partial charge in [-0.15, -0.1) is 0 Å². The molecule has 0 aliphatic carbocycles. The molecular formula is C30H57CeO6. The average molecular weight is 654 g/mol. The Hall–Kier alpha value is -0.213. The molecule has 0 N–H and O–H groups in total. The van der Waals surface area contributed by atoms with Crippen LogP contribution in [0.4, 0.5) is 0 Å². The Bertz CT molecular complexity index is 593. The van der Waals surface area contributed by atoms with E-state index in [0.717, 1.165) is 77.0 Å². The Labute approximate surface area is 262 Å². The molecule has 0 aromatic carbocycles. The van der Waals surface area contributed by atoms with Crippen LogP contribution in [0, 0.1) is 58.0 Å². The van der Waals surface area contributed by atoms with Crippen LogP contribution >= 0.6 is 0 Å². The van der Waals surface area contributed by atoms with Gasteiger partial charge in [-0.25, -0.2) is 0 Å². The van der Waals surface area contributed by atoms with Crippen molar-refractivity contribution in [3.05, 3.63) is 0 Å². The van der Waals surface area contributed by atoms with Gasteiger partial charge in [0.1, 0.15) is 0 Å². The Kier molecular flexibility index (Phi) is 29.4. The summed E-state index contributed by atoms with van der Waals surface area (Å²) in [4.78, 5) is 32.1. The minimum atomic E-state index is -0.931. The molecule has 0 saturated carbocycles. The van der Waals surface area contributed by atoms with E-state index in [9.17, 15) is 29.7 Å². The fourth-order valence-corrected chi connectivity index (χ4v) is 3.73. The van der Waals surface area contributed by atoms with Gasteiger partial charge < -0.3 is 29.7 Å². The Morgan fingerprint density at radius 1 is 0.486 bits per heavy atom. The molecule has 1 radical (unpaired) electrons. The first-order valence-corrected chi connectivity index (χ1v) is 14.3. The van der Waals surface area contributed by atoms with Crippen molar-refractivity contribution < 1.29 is 71.5 Å². The maximum Gasteiger partial charge on any atom is 3.00 e. The second-order valence-electron chi connectivity index (χ2n) is 11.3. The van der Waals surface area contributed by atoms with Gasteiger partial charge in [-0.1, -0.05) is 127 Å². The Balaban J connectivity index is -0.000000218. The number of rotatable bonds is 18. The molecular weight excluding hydrogens is 596 g/mol. The van der Waals surface area contributed by atoms with Crippen LogP contribution in [0.1, 0.15) is 159 Å². The molecule has 0 spiro atoms. The van der Waals surface area contributed by atoms with Gasteiger partial charge in [0.25, 0.3) is 0 Å². The topological polar surface area (TPSA) is 120 Å². The van der Waals surface area contributed by atoms with Crippen LogP contribution in [0.25, 0.3) is 0 Å². The van der Waals surface area contributed by atoms with Crippen molar-refractivity contribution in [2.24, 2.45) is 16.2 Å². The summed E-state index contributed by atoms with van der Waals surface area (Å²) in [7, 11) is 0. The monoisotopic (exact) mass is 653 g/mol.